The summed E-state index contributed by atoms with van der Waals surface area (Å²) in [5, 5.41) is 12.6. The zero-order valence-corrected chi connectivity index (χ0v) is 12.4. The van der Waals surface area contributed by atoms with Crippen molar-refractivity contribution in [3.8, 4) is 0 Å². The molecular formula is C15H21ClN2O2. The van der Waals surface area contributed by atoms with Gasteiger partial charge < -0.3 is 15.3 Å². The molecule has 0 spiro atoms. The number of aliphatic hydroxyl groups excluding tert-OH is 1. The van der Waals surface area contributed by atoms with Gasteiger partial charge in [-0.3, -0.25) is 0 Å². The predicted molar refractivity (Wildman–Crippen MR) is 81.9 cm³/mol. The summed E-state index contributed by atoms with van der Waals surface area (Å²) in [5.41, 5.74) is 1.01. The Morgan fingerprint density at radius 3 is 2.65 bits per heavy atom. The summed E-state index contributed by atoms with van der Waals surface area (Å²) < 4.78 is 0. The van der Waals surface area contributed by atoms with Crippen molar-refractivity contribution in [2.45, 2.75) is 19.4 Å². The first-order chi connectivity index (χ1) is 9.62. The lowest BCUT2D eigenvalue weighted by Gasteiger charge is -2.25. The average Bonchev–Trinajstić information content (AvgIpc) is 2.45. The summed E-state index contributed by atoms with van der Waals surface area (Å²) in [6.45, 7) is 6.24. The van der Waals surface area contributed by atoms with Gasteiger partial charge in [-0.2, -0.15) is 0 Å². The van der Waals surface area contributed by atoms with Gasteiger partial charge in [0.1, 0.15) is 0 Å². The first kappa shape index (κ1) is 16.5. The normalized spacial score (nSPS) is 11.8. The number of hydrogen-bond donors (Lipinski definition) is 2. The van der Waals surface area contributed by atoms with Gasteiger partial charge in [0.15, 0.2) is 0 Å². The van der Waals surface area contributed by atoms with Gasteiger partial charge in [0, 0.05) is 18.1 Å². The van der Waals surface area contributed by atoms with Crippen LogP contribution in [0.15, 0.2) is 36.9 Å². The van der Waals surface area contributed by atoms with Crippen molar-refractivity contribution in [2.75, 3.05) is 19.7 Å². The van der Waals surface area contributed by atoms with Gasteiger partial charge in [-0.05, 0) is 24.1 Å². The number of nitrogens with one attached hydrogen (secondary N) is 1. The number of carbonyl (C=O) groups excluding carboxylic acids is 1. The Balaban J connectivity index is 2.73. The number of benzene rings is 1. The van der Waals surface area contributed by atoms with Crippen LogP contribution in [0.5, 0.6) is 0 Å². The molecule has 1 aromatic carbocycles. The minimum Gasteiger partial charge on any atom is -0.395 e. The topological polar surface area (TPSA) is 52.6 Å². The van der Waals surface area contributed by atoms with Crippen molar-refractivity contribution in [3.63, 3.8) is 0 Å². The maximum absolute atomic E-state index is 12.2. The molecule has 0 saturated carbocycles. The van der Waals surface area contributed by atoms with E-state index in [1.54, 1.807) is 18.2 Å². The molecule has 1 rings (SSSR count). The molecule has 20 heavy (non-hydrogen) atoms. The van der Waals surface area contributed by atoms with Crippen molar-refractivity contribution in [2.24, 2.45) is 0 Å². The summed E-state index contributed by atoms with van der Waals surface area (Å²) in [7, 11) is 0. The molecule has 0 heterocycles. The second-order valence-corrected chi connectivity index (χ2v) is 4.86. The van der Waals surface area contributed by atoms with Gasteiger partial charge in [0.05, 0.1) is 12.6 Å². The highest BCUT2D eigenvalue weighted by Crippen LogP contribution is 2.19. The SMILES string of the molecule is C=CCN(CCO)C(=O)NC(CC)c1ccc(Cl)cc1. The lowest BCUT2D eigenvalue weighted by molar-refractivity contribution is 0.180. The molecule has 4 nitrogen and oxygen atoms in total. The molecule has 0 saturated heterocycles. The van der Waals surface area contributed by atoms with E-state index in [0.717, 1.165) is 12.0 Å². The van der Waals surface area contributed by atoms with E-state index < -0.39 is 0 Å². The maximum Gasteiger partial charge on any atom is 0.318 e. The molecule has 1 unspecified atom stereocenters. The van der Waals surface area contributed by atoms with Crippen LogP contribution in [0.25, 0.3) is 0 Å². The largest absolute Gasteiger partial charge is 0.395 e. The predicted octanol–water partition coefficient (Wildman–Crippen LogP) is 2.98. The standard InChI is InChI=1S/C15H21ClN2O2/c1-3-9-18(10-11-19)15(20)17-14(4-2)12-5-7-13(16)8-6-12/h3,5-8,14,19H,1,4,9-11H2,2H3,(H,17,20). The van der Waals surface area contributed by atoms with Gasteiger partial charge in [-0.15, -0.1) is 6.58 Å². The third-order valence-electron chi connectivity index (χ3n) is 2.98. The minimum absolute atomic E-state index is 0.0704. The molecule has 0 aliphatic carbocycles. The summed E-state index contributed by atoms with van der Waals surface area (Å²) in [4.78, 5) is 13.7. The van der Waals surface area contributed by atoms with E-state index in [0.29, 0.717) is 11.6 Å². The van der Waals surface area contributed by atoms with E-state index in [2.05, 4.69) is 11.9 Å². The fourth-order valence-electron chi connectivity index (χ4n) is 1.91. The number of urea groups is 1. The number of carbonyl (C=O) groups is 1. The summed E-state index contributed by atoms with van der Waals surface area (Å²) in [6, 6.07) is 7.13. The minimum atomic E-state index is -0.208. The van der Waals surface area contributed by atoms with Crippen LogP contribution in [0, 0.1) is 0 Å². The first-order valence-corrected chi connectivity index (χ1v) is 7.02. The Morgan fingerprint density at radius 1 is 1.50 bits per heavy atom. The Hall–Kier alpha value is -1.52. The van der Waals surface area contributed by atoms with E-state index >= 15 is 0 Å². The number of nitrogens with zero attached hydrogens (tertiary/aromatic N) is 1. The molecule has 1 atom stereocenters. The summed E-state index contributed by atoms with van der Waals surface area (Å²) >= 11 is 5.86. The Bertz CT molecular complexity index is 434. The highest BCUT2D eigenvalue weighted by molar-refractivity contribution is 6.30. The Kier molecular flexibility index (Phi) is 7.12. The molecule has 5 heteroatoms. The maximum atomic E-state index is 12.2. The number of hydrogen-bond acceptors (Lipinski definition) is 2. The second-order valence-electron chi connectivity index (χ2n) is 4.42. The van der Waals surface area contributed by atoms with Crippen LogP contribution in [0.3, 0.4) is 0 Å². The van der Waals surface area contributed by atoms with E-state index in [9.17, 15) is 4.79 Å². The number of aliphatic hydroxyl groups is 1. The molecule has 2 amide bonds. The van der Waals surface area contributed by atoms with Gasteiger partial charge in [-0.25, -0.2) is 4.79 Å². The van der Waals surface area contributed by atoms with Crippen LogP contribution < -0.4 is 5.32 Å². The highest BCUT2D eigenvalue weighted by atomic mass is 35.5. The summed E-state index contributed by atoms with van der Waals surface area (Å²) in [6.07, 6.45) is 2.41. The molecule has 0 aliphatic heterocycles. The fraction of sp³-hybridized carbons (Fsp3) is 0.400. The second kappa shape index (κ2) is 8.61. The van der Waals surface area contributed by atoms with Crippen molar-refractivity contribution in [1.29, 1.82) is 0 Å². The van der Waals surface area contributed by atoms with Crippen molar-refractivity contribution >= 4 is 17.6 Å². The monoisotopic (exact) mass is 296 g/mol. The molecule has 0 radical (unpaired) electrons. The Labute approximate surface area is 125 Å². The lowest BCUT2D eigenvalue weighted by Crippen LogP contribution is -2.43. The van der Waals surface area contributed by atoms with E-state index in [4.69, 9.17) is 16.7 Å². The van der Waals surface area contributed by atoms with E-state index in [1.807, 2.05) is 19.1 Å². The number of halogens is 1. The van der Waals surface area contributed by atoms with Gasteiger partial charge in [0.2, 0.25) is 0 Å². The number of rotatable bonds is 7. The zero-order chi connectivity index (χ0) is 15.0. The molecule has 2 N–H and O–H groups in total. The van der Waals surface area contributed by atoms with Gasteiger partial charge in [-0.1, -0.05) is 36.7 Å². The highest BCUT2D eigenvalue weighted by Gasteiger charge is 2.17. The van der Waals surface area contributed by atoms with Crippen LogP contribution in [0.1, 0.15) is 24.9 Å². The third kappa shape index (κ3) is 4.87. The van der Waals surface area contributed by atoms with Crippen LogP contribution >= 0.6 is 11.6 Å². The summed E-state index contributed by atoms with van der Waals surface area (Å²) in [5.74, 6) is 0. The quantitative estimate of drug-likeness (QED) is 0.760. The van der Waals surface area contributed by atoms with Crippen LogP contribution in [-0.4, -0.2) is 35.7 Å². The first-order valence-electron chi connectivity index (χ1n) is 6.65. The van der Waals surface area contributed by atoms with Crippen LogP contribution in [0.4, 0.5) is 4.79 Å². The lowest BCUT2D eigenvalue weighted by atomic mass is 10.1. The van der Waals surface area contributed by atoms with Crippen molar-refractivity contribution in [1.82, 2.24) is 10.2 Å². The van der Waals surface area contributed by atoms with Crippen LogP contribution in [-0.2, 0) is 0 Å². The Morgan fingerprint density at radius 2 is 2.15 bits per heavy atom. The van der Waals surface area contributed by atoms with Gasteiger partial charge >= 0.3 is 6.03 Å². The van der Waals surface area contributed by atoms with Crippen molar-refractivity contribution in [3.05, 3.63) is 47.5 Å². The zero-order valence-electron chi connectivity index (χ0n) is 11.7. The van der Waals surface area contributed by atoms with E-state index in [-0.39, 0.29) is 25.2 Å². The molecule has 0 aromatic heterocycles. The fourth-order valence-corrected chi connectivity index (χ4v) is 2.03. The molecular weight excluding hydrogens is 276 g/mol. The molecule has 110 valence electrons. The molecule has 0 aliphatic rings. The smallest absolute Gasteiger partial charge is 0.318 e. The van der Waals surface area contributed by atoms with Crippen LogP contribution in [0.2, 0.25) is 5.02 Å². The average molecular weight is 297 g/mol. The third-order valence-corrected chi connectivity index (χ3v) is 3.24. The number of amides is 2. The molecule has 0 fully saturated rings. The van der Waals surface area contributed by atoms with Crippen molar-refractivity contribution < 1.29 is 9.90 Å². The molecule has 1 aromatic rings. The van der Waals surface area contributed by atoms with Gasteiger partial charge in [0.25, 0.3) is 0 Å². The van der Waals surface area contributed by atoms with E-state index in [1.165, 1.54) is 4.90 Å². The molecule has 0 bridgehead atoms.